The minimum Gasteiger partial charge on any atom is -0.309 e. The maximum atomic E-state index is 5.54. The lowest BCUT2D eigenvalue weighted by atomic mass is 10.0. The van der Waals surface area contributed by atoms with Gasteiger partial charge >= 0.3 is 0 Å². The number of hydrogen-bond donors (Lipinski definition) is 0. The van der Waals surface area contributed by atoms with Crippen LogP contribution in [0.3, 0.4) is 0 Å². The number of fused-ring (bicyclic) bond motifs is 9. The maximum Gasteiger partial charge on any atom is 0.238 e. The van der Waals surface area contributed by atoms with Crippen LogP contribution >= 0.6 is 0 Å². The largest absolute Gasteiger partial charge is 0.309 e. The number of nitrogens with zero attached hydrogens (tertiary/aromatic N) is 6. The lowest BCUT2D eigenvalue weighted by Crippen LogP contribution is -2.08. The first kappa shape index (κ1) is 38.8. The minimum atomic E-state index is 0.528. The van der Waals surface area contributed by atoms with Crippen molar-refractivity contribution < 1.29 is 0 Å². The monoisotopic (exact) mass is 880 g/mol. The van der Waals surface area contributed by atoms with E-state index in [-0.39, 0.29) is 0 Å². The van der Waals surface area contributed by atoms with Crippen LogP contribution in [0, 0.1) is 0 Å². The molecule has 69 heavy (non-hydrogen) atoms. The van der Waals surface area contributed by atoms with Crippen LogP contribution in [0.2, 0.25) is 0 Å². The summed E-state index contributed by atoms with van der Waals surface area (Å²) < 4.78 is 7.13. The number of benzene rings is 10. The summed E-state index contributed by atoms with van der Waals surface area (Å²) in [5.41, 5.74) is 14.9. The summed E-state index contributed by atoms with van der Waals surface area (Å²) in [6, 6.07) is 86.2. The second kappa shape index (κ2) is 15.6. The van der Waals surface area contributed by atoms with E-state index in [1.54, 1.807) is 0 Å². The van der Waals surface area contributed by atoms with Crippen LogP contribution in [0.25, 0.3) is 128 Å². The standard InChI is InChI=1S/C63H40N6/c1-3-18-41(19-4-1)43-36-38-44(39-37-43)61-64-62(46-23-15-22-45(40-46)42-20-5-2-6-21-42)66-63(65-61)69-57-34-17-33-56(67-52-29-11-7-24-47(52)48-25-8-12-30-53(48)67)59(57)51-28-16-35-58(60(51)69)68-54-31-13-9-26-49(54)50-27-10-14-32-55(50)68/h1-40H. The summed E-state index contributed by atoms with van der Waals surface area (Å²) in [7, 11) is 0. The second-order valence-corrected chi connectivity index (χ2v) is 17.6. The van der Waals surface area contributed by atoms with Crippen molar-refractivity contribution in [3.05, 3.63) is 243 Å². The smallest absolute Gasteiger partial charge is 0.238 e. The van der Waals surface area contributed by atoms with Crippen molar-refractivity contribution in [2.24, 2.45) is 0 Å². The fourth-order valence-corrected chi connectivity index (χ4v) is 10.7. The summed E-state index contributed by atoms with van der Waals surface area (Å²) in [5.74, 6) is 1.70. The maximum absolute atomic E-state index is 5.54. The highest BCUT2D eigenvalue weighted by atomic mass is 15.2. The molecule has 0 N–H and O–H groups in total. The molecule has 0 saturated heterocycles. The quantitative estimate of drug-likeness (QED) is 0.160. The van der Waals surface area contributed by atoms with Crippen LogP contribution in [-0.4, -0.2) is 28.7 Å². The van der Waals surface area contributed by atoms with E-state index in [1.165, 1.54) is 21.5 Å². The minimum absolute atomic E-state index is 0.528. The van der Waals surface area contributed by atoms with Crippen LogP contribution in [0.5, 0.6) is 0 Å². The molecule has 322 valence electrons. The van der Waals surface area contributed by atoms with Gasteiger partial charge in [0.15, 0.2) is 11.6 Å². The van der Waals surface area contributed by atoms with Crippen LogP contribution in [-0.2, 0) is 0 Å². The van der Waals surface area contributed by atoms with E-state index in [0.29, 0.717) is 17.6 Å². The number of para-hydroxylation sites is 5. The molecule has 0 spiro atoms. The van der Waals surface area contributed by atoms with Gasteiger partial charge in [-0.1, -0.05) is 194 Å². The average Bonchev–Trinajstić information content (AvgIpc) is 4.08. The molecule has 0 aliphatic carbocycles. The summed E-state index contributed by atoms with van der Waals surface area (Å²) in [6.45, 7) is 0. The van der Waals surface area contributed by atoms with E-state index in [0.717, 1.165) is 88.6 Å². The van der Waals surface area contributed by atoms with Gasteiger partial charge in [-0.25, -0.2) is 4.98 Å². The van der Waals surface area contributed by atoms with Gasteiger partial charge in [0.25, 0.3) is 0 Å². The Morgan fingerprint density at radius 1 is 0.246 bits per heavy atom. The number of rotatable bonds is 7. The zero-order chi connectivity index (χ0) is 45.4. The SMILES string of the molecule is c1ccc(-c2ccc(-c3nc(-c4cccc(-c5ccccc5)c4)nc(-n4c5cccc(-n6c7ccccc7c7ccccc76)c5c5cccc(-n6c7ccccc7c7ccccc76)c54)n3)cc2)cc1. The molecule has 10 aromatic carbocycles. The van der Waals surface area contributed by atoms with Gasteiger partial charge < -0.3 is 9.13 Å². The van der Waals surface area contributed by atoms with Crippen molar-refractivity contribution in [2.75, 3.05) is 0 Å². The highest BCUT2D eigenvalue weighted by Crippen LogP contribution is 2.43. The predicted octanol–water partition coefficient (Wildman–Crippen LogP) is 15.8. The van der Waals surface area contributed by atoms with Crippen LogP contribution in [0.4, 0.5) is 0 Å². The van der Waals surface area contributed by atoms with Gasteiger partial charge in [-0.3, -0.25) is 4.57 Å². The van der Waals surface area contributed by atoms with Gasteiger partial charge in [0.2, 0.25) is 5.95 Å². The molecule has 6 nitrogen and oxygen atoms in total. The summed E-state index contributed by atoms with van der Waals surface area (Å²) in [4.78, 5) is 16.4. The summed E-state index contributed by atoms with van der Waals surface area (Å²) >= 11 is 0. The van der Waals surface area contributed by atoms with Crippen LogP contribution in [0.1, 0.15) is 0 Å². The first-order valence-electron chi connectivity index (χ1n) is 23.4. The molecule has 14 rings (SSSR count). The summed E-state index contributed by atoms with van der Waals surface area (Å²) in [5, 5.41) is 7.00. The van der Waals surface area contributed by atoms with Crippen molar-refractivity contribution in [1.82, 2.24) is 28.7 Å². The van der Waals surface area contributed by atoms with E-state index in [2.05, 4.69) is 244 Å². The van der Waals surface area contributed by atoms with Crippen molar-refractivity contribution in [3.8, 4) is 62.4 Å². The number of hydrogen-bond acceptors (Lipinski definition) is 3. The van der Waals surface area contributed by atoms with Crippen molar-refractivity contribution in [2.45, 2.75) is 0 Å². The molecule has 4 heterocycles. The molecule has 0 saturated carbocycles. The molecular weight excluding hydrogens is 841 g/mol. The van der Waals surface area contributed by atoms with Crippen LogP contribution in [0.15, 0.2) is 243 Å². The number of aromatic nitrogens is 6. The molecule has 0 aliphatic heterocycles. The Hall–Kier alpha value is -9.39. The molecule has 0 atom stereocenters. The molecule has 0 amide bonds. The van der Waals surface area contributed by atoms with E-state index in [4.69, 9.17) is 15.0 Å². The molecule has 14 aromatic rings. The lowest BCUT2D eigenvalue weighted by Gasteiger charge is -2.15. The predicted molar refractivity (Wildman–Crippen MR) is 285 cm³/mol. The van der Waals surface area contributed by atoms with E-state index < -0.39 is 0 Å². The molecule has 0 aliphatic rings. The van der Waals surface area contributed by atoms with E-state index >= 15 is 0 Å². The molecular formula is C63H40N6. The lowest BCUT2D eigenvalue weighted by molar-refractivity contribution is 0.949. The van der Waals surface area contributed by atoms with Crippen molar-refractivity contribution in [1.29, 1.82) is 0 Å². The first-order chi connectivity index (χ1) is 34.2. The van der Waals surface area contributed by atoms with Crippen LogP contribution < -0.4 is 0 Å². The molecule has 0 radical (unpaired) electrons. The average molecular weight is 881 g/mol. The Labute approximate surface area is 397 Å². The van der Waals surface area contributed by atoms with Crippen molar-refractivity contribution >= 4 is 65.4 Å². The second-order valence-electron chi connectivity index (χ2n) is 17.6. The third-order valence-electron chi connectivity index (χ3n) is 13.7. The Bertz CT molecular complexity index is 4190. The molecule has 0 fully saturated rings. The fraction of sp³-hybridized carbons (Fsp3) is 0. The molecule has 4 aromatic heterocycles. The zero-order valence-corrected chi connectivity index (χ0v) is 37.3. The van der Waals surface area contributed by atoms with Gasteiger partial charge in [-0.05, 0) is 70.8 Å². The molecule has 6 heteroatoms. The third-order valence-corrected chi connectivity index (χ3v) is 13.7. The van der Waals surface area contributed by atoms with Gasteiger partial charge in [0.1, 0.15) is 0 Å². The van der Waals surface area contributed by atoms with Gasteiger partial charge in [-0.15, -0.1) is 0 Å². The van der Waals surface area contributed by atoms with Crippen molar-refractivity contribution in [3.63, 3.8) is 0 Å². The normalized spacial score (nSPS) is 11.8. The highest BCUT2D eigenvalue weighted by molar-refractivity contribution is 6.19. The molecule has 0 unspecified atom stereocenters. The third kappa shape index (κ3) is 6.16. The highest BCUT2D eigenvalue weighted by Gasteiger charge is 2.25. The topological polar surface area (TPSA) is 53.5 Å². The molecule has 0 bridgehead atoms. The van der Waals surface area contributed by atoms with E-state index in [1.807, 2.05) is 12.1 Å². The Morgan fingerprint density at radius 2 is 0.638 bits per heavy atom. The van der Waals surface area contributed by atoms with Gasteiger partial charge in [-0.2, -0.15) is 9.97 Å². The zero-order valence-electron chi connectivity index (χ0n) is 37.3. The fourth-order valence-electron chi connectivity index (χ4n) is 10.7. The Morgan fingerprint density at radius 3 is 1.23 bits per heavy atom. The first-order valence-corrected chi connectivity index (χ1v) is 23.4. The van der Waals surface area contributed by atoms with Gasteiger partial charge in [0.05, 0.1) is 44.5 Å². The van der Waals surface area contributed by atoms with Gasteiger partial charge in [0, 0.05) is 43.4 Å². The van der Waals surface area contributed by atoms with E-state index in [9.17, 15) is 0 Å². The Kier molecular flexibility index (Phi) is 8.79. The Balaban J connectivity index is 1.11. The summed E-state index contributed by atoms with van der Waals surface area (Å²) in [6.07, 6.45) is 0.